The maximum atomic E-state index is 12.8. The molecular formula is C22H25N3O3. The molecule has 0 radical (unpaired) electrons. The normalized spacial score (nSPS) is 12.8. The van der Waals surface area contributed by atoms with Crippen LogP contribution in [0.2, 0.25) is 0 Å². The number of carbonyl (C=O) groups is 1. The van der Waals surface area contributed by atoms with Gasteiger partial charge in [-0.1, -0.05) is 13.0 Å². The summed E-state index contributed by atoms with van der Waals surface area (Å²) < 4.78 is 12.9. The Morgan fingerprint density at radius 3 is 2.75 bits per heavy atom. The van der Waals surface area contributed by atoms with E-state index in [1.54, 1.807) is 13.1 Å². The number of carbonyl (C=O) groups excluding carboxylic acids is 1. The molecule has 2 heterocycles. The molecule has 2 aromatic rings. The smallest absolute Gasteiger partial charge is 0.264 e. The standard InChI is InChI=1S/C22H25N3O3/c1-5-8-25-15(2)9-18(16(25)3)11-19(12-23)22(26)24(4)13-17-6-7-20-21(10-17)28-14-27-20/h6-7,9-11H,5,8,13-14H2,1-4H3/b19-11+. The van der Waals surface area contributed by atoms with Crippen LogP contribution in [0.3, 0.4) is 0 Å². The van der Waals surface area contributed by atoms with Gasteiger partial charge in [-0.25, -0.2) is 0 Å². The van der Waals surface area contributed by atoms with Gasteiger partial charge in [0.25, 0.3) is 5.91 Å². The van der Waals surface area contributed by atoms with E-state index in [9.17, 15) is 10.1 Å². The summed E-state index contributed by atoms with van der Waals surface area (Å²) in [6, 6.07) is 9.67. The summed E-state index contributed by atoms with van der Waals surface area (Å²) in [7, 11) is 1.69. The first-order valence-corrected chi connectivity index (χ1v) is 9.37. The van der Waals surface area contributed by atoms with Crippen LogP contribution in [0, 0.1) is 25.2 Å². The number of aromatic nitrogens is 1. The molecule has 1 amide bonds. The van der Waals surface area contributed by atoms with Gasteiger partial charge < -0.3 is 18.9 Å². The molecule has 1 aliphatic heterocycles. The van der Waals surface area contributed by atoms with E-state index in [4.69, 9.17) is 9.47 Å². The fourth-order valence-corrected chi connectivity index (χ4v) is 3.43. The summed E-state index contributed by atoms with van der Waals surface area (Å²) in [5, 5.41) is 9.56. The molecule has 0 bridgehead atoms. The number of rotatable bonds is 6. The minimum atomic E-state index is -0.305. The highest BCUT2D eigenvalue weighted by molar-refractivity contribution is 6.01. The highest BCUT2D eigenvalue weighted by Crippen LogP contribution is 2.32. The van der Waals surface area contributed by atoms with Crippen LogP contribution in [0.4, 0.5) is 0 Å². The maximum absolute atomic E-state index is 12.8. The van der Waals surface area contributed by atoms with Gasteiger partial charge in [0.2, 0.25) is 6.79 Å². The van der Waals surface area contributed by atoms with Gasteiger partial charge in [-0.15, -0.1) is 0 Å². The van der Waals surface area contributed by atoms with Crippen LogP contribution < -0.4 is 9.47 Å². The molecule has 0 fully saturated rings. The Hall–Kier alpha value is -3.20. The van der Waals surface area contributed by atoms with Crippen LogP contribution in [-0.4, -0.2) is 29.2 Å². The molecule has 0 spiro atoms. The topological polar surface area (TPSA) is 67.5 Å². The van der Waals surface area contributed by atoms with Crippen molar-refractivity contribution >= 4 is 12.0 Å². The molecule has 3 rings (SSSR count). The largest absolute Gasteiger partial charge is 0.454 e. The number of nitriles is 1. The van der Waals surface area contributed by atoms with Crippen molar-refractivity contribution in [2.45, 2.75) is 40.3 Å². The quantitative estimate of drug-likeness (QED) is 0.565. The van der Waals surface area contributed by atoms with Crippen molar-refractivity contribution in [1.82, 2.24) is 9.47 Å². The zero-order chi connectivity index (χ0) is 20.3. The monoisotopic (exact) mass is 379 g/mol. The van der Waals surface area contributed by atoms with Crippen molar-refractivity contribution in [3.63, 3.8) is 0 Å². The minimum Gasteiger partial charge on any atom is -0.454 e. The van der Waals surface area contributed by atoms with Crippen molar-refractivity contribution in [1.29, 1.82) is 5.26 Å². The molecule has 1 aromatic heterocycles. The molecule has 0 saturated carbocycles. The van der Waals surface area contributed by atoms with E-state index in [1.165, 1.54) is 4.90 Å². The first kappa shape index (κ1) is 19.6. The van der Waals surface area contributed by atoms with Crippen LogP contribution in [0.15, 0.2) is 29.8 Å². The highest BCUT2D eigenvalue weighted by atomic mass is 16.7. The fraction of sp³-hybridized carbons (Fsp3) is 0.364. The van der Waals surface area contributed by atoms with Crippen molar-refractivity contribution in [3.05, 3.63) is 52.4 Å². The predicted octanol–water partition coefficient (Wildman–Crippen LogP) is 3.81. The van der Waals surface area contributed by atoms with E-state index in [0.29, 0.717) is 18.0 Å². The van der Waals surface area contributed by atoms with Gasteiger partial charge in [0.15, 0.2) is 11.5 Å². The molecule has 0 unspecified atom stereocenters. The molecule has 1 aromatic carbocycles. The summed E-state index contributed by atoms with van der Waals surface area (Å²) in [4.78, 5) is 14.4. The molecule has 0 saturated heterocycles. The van der Waals surface area contributed by atoms with Gasteiger partial charge in [-0.3, -0.25) is 4.79 Å². The Balaban J connectivity index is 1.78. The predicted molar refractivity (Wildman–Crippen MR) is 107 cm³/mol. The number of likely N-dealkylation sites (N-methyl/N-ethyl adjacent to an activating group) is 1. The van der Waals surface area contributed by atoms with Crippen molar-refractivity contribution in [2.75, 3.05) is 13.8 Å². The Kier molecular flexibility index (Phi) is 5.74. The Morgan fingerprint density at radius 2 is 2.04 bits per heavy atom. The molecule has 0 aliphatic carbocycles. The van der Waals surface area contributed by atoms with Crippen LogP contribution in [0.5, 0.6) is 11.5 Å². The van der Waals surface area contributed by atoms with Crippen LogP contribution >= 0.6 is 0 Å². The van der Waals surface area contributed by atoms with E-state index in [-0.39, 0.29) is 18.3 Å². The van der Waals surface area contributed by atoms with Gasteiger partial charge in [-0.2, -0.15) is 5.26 Å². The Labute approximate surface area is 165 Å². The average Bonchev–Trinajstić information content (AvgIpc) is 3.25. The van der Waals surface area contributed by atoms with E-state index in [0.717, 1.165) is 35.5 Å². The molecule has 1 aliphatic rings. The van der Waals surface area contributed by atoms with E-state index >= 15 is 0 Å². The lowest BCUT2D eigenvalue weighted by atomic mass is 10.1. The highest BCUT2D eigenvalue weighted by Gasteiger charge is 2.19. The summed E-state index contributed by atoms with van der Waals surface area (Å²) in [5.74, 6) is 1.08. The van der Waals surface area contributed by atoms with Crippen LogP contribution in [-0.2, 0) is 17.9 Å². The Morgan fingerprint density at radius 1 is 1.29 bits per heavy atom. The third-order valence-electron chi connectivity index (χ3n) is 4.91. The SMILES string of the molecule is CCCn1c(C)cc(/C=C(\C#N)C(=O)N(C)Cc2ccc3c(c2)OCO3)c1C. The molecule has 28 heavy (non-hydrogen) atoms. The summed E-state index contributed by atoms with van der Waals surface area (Å²) in [6.07, 6.45) is 2.72. The second kappa shape index (κ2) is 8.22. The minimum absolute atomic E-state index is 0.125. The van der Waals surface area contributed by atoms with E-state index in [1.807, 2.05) is 38.1 Å². The zero-order valence-electron chi connectivity index (χ0n) is 16.8. The number of hydrogen-bond acceptors (Lipinski definition) is 4. The summed E-state index contributed by atoms with van der Waals surface area (Å²) >= 11 is 0. The van der Waals surface area contributed by atoms with Crippen molar-refractivity contribution < 1.29 is 14.3 Å². The molecule has 6 heteroatoms. The van der Waals surface area contributed by atoms with Crippen molar-refractivity contribution in [3.8, 4) is 17.6 Å². The Bertz CT molecular complexity index is 966. The van der Waals surface area contributed by atoms with Crippen LogP contribution in [0.25, 0.3) is 6.08 Å². The van der Waals surface area contributed by atoms with Gasteiger partial charge in [0.05, 0.1) is 0 Å². The maximum Gasteiger partial charge on any atom is 0.264 e. The molecule has 146 valence electrons. The fourth-order valence-electron chi connectivity index (χ4n) is 3.43. The molecule has 0 N–H and O–H groups in total. The van der Waals surface area contributed by atoms with Crippen molar-refractivity contribution in [2.24, 2.45) is 0 Å². The molecule has 0 atom stereocenters. The van der Waals surface area contributed by atoms with Gasteiger partial charge >= 0.3 is 0 Å². The first-order chi connectivity index (χ1) is 13.4. The molecule has 6 nitrogen and oxygen atoms in total. The third kappa shape index (κ3) is 3.89. The number of aryl methyl sites for hydroxylation is 1. The summed E-state index contributed by atoms with van der Waals surface area (Å²) in [6.45, 7) is 7.70. The zero-order valence-corrected chi connectivity index (χ0v) is 16.8. The first-order valence-electron chi connectivity index (χ1n) is 9.37. The van der Waals surface area contributed by atoms with Gasteiger partial charge in [0, 0.05) is 31.5 Å². The summed E-state index contributed by atoms with van der Waals surface area (Å²) in [5.41, 5.74) is 4.15. The third-order valence-corrected chi connectivity index (χ3v) is 4.91. The van der Waals surface area contributed by atoms with Gasteiger partial charge in [0.1, 0.15) is 11.6 Å². The second-order valence-electron chi connectivity index (χ2n) is 7.00. The number of amides is 1. The van der Waals surface area contributed by atoms with E-state index < -0.39 is 0 Å². The van der Waals surface area contributed by atoms with E-state index in [2.05, 4.69) is 17.6 Å². The second-order valence-corrected chi connectivity index (χ2v) is 7.00. The van der Waals surface area contributed by atoms with Gasteiger partial charge in [-0.05, 0) is 55.7 Å². The number of hydrogen-bond donors (Lipinski definition) is 0. The lowest BCUT2D eigenvalue weighted by Gasteiger charge is -2.17. The number of benzene rings is 1. The number of nitrogens with zero attached hydrogens (tertiary/aromatic N) is 3. The number of fused-ring (bicyclic) bond motifs is 1. The average molecular weight is 379 g/mol. The molecular weight excluding hydrogens is 354 g/mol. The lowest BCUT2D eigenvalue weighted by Crippen LogP contribution is -2.27. The van der Waals surface area contributed by atoms with Crippen LogP contribution in [0.1, 0.15) is 35.9 Å². The number of ether oxygens (including phenoxy) is 2. The lowest BCUT2D eigenvalue weighted by molar-refractivity contribution is -0.125.